The molecule has 12 atom stereocenters. The lowest BCUT2D eigenvalue weighted by Gasteiger charge is -2.74. The van der Waals surface area contributed by atoms with Crippen LogP contribution in [0.3, 0.4) is 0 Å². The second-order valence-electron chi connectivity index (χ2n) is 16.3. The fourth-order valence-electron chi connectivity index (χ4n) is 13.3. The number of halogens is 1. The van der Waals surface area contributed by atoms with Gasteiger partial charge < -0.3 is 14.9 Å². The number of carbonyl (C=O) groups excluding carboxylic acids is 1. The number of epoxide rings is 1. The molecule has 2 heterocycles. The van der Waals surface area contributed by atoms with Gasteiger partial charge in [-0.2, -0.15) is 0 Å². The largest absolute Gasteiger partial charge is 0.481 e. The molecule has 0 radical (unpaired) electrons. The van der Waals surface area contributed by atoms with Gasteiger partial charge in [-0.05, 0) is 117 Å². The maximum atomic E-state index is 13.4. The SMILES string of the molecule is CC1(C)C2CC[C@]3(C)C(CCC4[C@H]5[C@@](C(=O)O)(CC[C@]43C)CC[C@]53P(C(=O)CBr)C[C@@]34CO4)[C@@]2(C)CC[C@H]1O. The van der Waals surface area contributed by atoms with Crippen LogP contribution in [0, 0.1) is 50.7 Å². The fraction of sp³-hybridized carbons (Fsp3) is 0.938. The highest BCUT2D eigenvalue weighted by atomic mass is 79.9. The van der Waals surface area contributed by atoms with Crippen molar-refractivity contribution in [1.82, 2.24) is 0 Å². The van der Waals surface area contributed by atoms with E-state index in [4.69, 9.17) is 4.74 Å². The zero-order valence-corrected chi connectivity index (χ0v) is 27.0. The van der Waals surface area contributed by atoms with E-state index in [0.29, 0.717) is 41.6 Å². The molecule has 218 valence electrons. The van der Waals surface area contributed by atoms with Gasteiger partial charge in [0.25, 0.3) is 0 Å². The molecule has 0 amide bonds. The van der Waals surface area contributed by atoms with Crippen molar-refractivity contribution < 1.29 is 24.5 Å². The molecule has 2 spiro atoms. The van der Waals surface area contributed by atoms with Crippen molar-refractivity contribution in [3.8, 4) is 0 Å². The van der Waals surface area contributed by atoms with Gasteiger partial charge in [-0.3, -0.25) is 9.59 Å². The summed E-state index contributed by atoms with van der Waals surface area (Å²) in [4.78, 5) is 26.7. The topological polar surface area (TPSA) is 87.1 Å². The molecule has 0 aromatic carbocycles. The molecule has 5 aliphatic carbocycles. The smallest absolute Gasteiger partial charge is 0.309 e. The Kier molecular flexibility index (Phi) is 5.78. The van der Waals surface area contributed by atoms with Crippen molar-refractivity contribution in [2.75, 3.05) is 18.1 Å². The third-order valence-electron chi connectivity index (χ3n) is 15.5. The number of alkyl halides is 1. The standard InChI is InChI=1S/C32H48BrO5P/c1-26(2)20-8-11-29(5)21(27(20,3)10-9-22(26)34)7-6-19-24-30(25(36)37,13-12-28(19,29)4)14-15-32(24)31(17-38-31)18-39(32)23(35)16-33/h19-22,24,34H,6-18H2,1-5H3,(H,36,37)/t19?,20?,21?,22-,24+,27+,28-,29-,30-,31+,32+,39?/m1/s1. The van der Waals surface area contributed by atoms with Crippen LogP contribution in [-0.4, -0.2) is 56.7 Å². The maximum Gasteiger partial charge on any atom is 0.309 e. The average molecular weight is 624 g/mol. The van der Waals surface area contributed by atoms with Crippen LogP contribution >= 0.6 is 23.9 Å². The molecular weight excluding hydrogens is 575 g/mol. The monoisotopic (exact) mass is 622 g/mol. The number of carbonyl (C=O) groups is 2. The Morgan fingerprint density at radius 2 is 1.59 bits per heavy atom. The van der Waals surface area contributed by atoms with Crippen LogP contribution in [0.4, 0.5) is 0 Å². The number of rotatable bonds is 3. The van der Waals surface area contributed by atoms with E-state index in [1.54, 1.807) is 0 Å². The summed E-state index contributed by atoms with van der Waals surface area (Å²) in [5, 5.41) is 22.1. The summed E-state index contributed by atoms with van der Waals surface area (Å²) < 4.78 is 6.26. The van der Waals surface area contributed by atoms with E-state index in [0.717, 1.165) is 63.9 Å². The van der Waals surface area contributed by atoms with Crippen LogP contribution < -0.4 is 0 Å². The summed E-state index contributed by atoms with van der Waals surface area (Å²) >= 11 is 3.49. The highest BCUT2D eigenvalue weighted by molar-refractivity contribution is 9.09. The summed E-state index contributed by atoms with van der Waals surface area (Å²) in [6.07, 6.45) is 10.4. The van der Waals surface area contributed by atoms with Crippen molar-refractivity contribution in [2.45, 2.75) is 116 Å². The van der Waals surface area contributed by atoms with Gasteiger partial charge in [-0.1, -0.05) is 50.5 Å². The average Bonchev–Trinajstić information content (AvgIpc) is 3.61. The molecule has 5 nitrogen and oxygen atoms in total. The highest BCUT2D eigenvalue weighted by Crippen LogP contribution is 2.87. The Morgan fingerprint density at radius 3 is 2.23 bits per heavy atom. The molecule has 7 fully saturated rings. The van der Waals surface area contributed by atoms with Gasteiger partial charge >= 0.3 is 5.97 Å². The van der Waals surface area contributed by atoms with Crippen molar-refractivity contribution in [3.05, 3.63) is 0 Å². The van der Waals surface area contributed by atoms with Crippen LogP contribution in [0.2, 0.25) is 0 Å². The van der Waals surface area contributed by atoms with E-state index in [2.05, 4.69) is 50.5 Å². The van der Waals surface area contributed by atoms with Gasteiger partial charge in [0, 0.05) is 11.3 Å². The van der Waals surface area contributed by atoms with Gasteiger partial charge in [-0.25, -0.2) is 0 Å². The predicted molar refractivity (Wildman–Crippen MR) is 156 cm³/mol. The highest BCUT2D eigenvalue weighted by Gasteiger charge is 2.85. The number of aliphatic hydroxyl groups is 1. The van der Waals surface area contributed by atoms with Gasteiger partial charge in [-0.15, -0.1) is 0 Å². The molecule has 2 saturated heterocycles. The summed E-state index contributed by atoms with van der Waals surface area (Å²) in [5.41, 5.74) is -0.309. The van der Waals surface area contributed by atoms with Crippen molar-refractivity contribution in [2.24, 2.45) is 50.7 Å². The number of hydrogen-bond donors (Lipinski definition) is 2. The lowest BCUT2D eigenvalue weighted by atomic mass is 9.32. The summed E-state index contributed by atoms with van der Waals surface area (Å²) in [5.74, 6) is 0.860. The lowest BCUT2D eigenvalue weighted by Crippen LogP contribution is -2.71. The zero-order valence-electron chi connectivity index (χ0n) is 24.5. The molecule has 5 saturated carbocycles. The van der Waals surface area contributed by atoms with Crippen LogP contribution in [0.5, 0.6) is 0 Å². The number of aliphatic carboxylic acids is 1. The van der Waals surface area contributed by atoms with E-state index in [1.165, 1.54) is 0 Å². The van der Waals surface area contributed by atoms with Crippen LogP contribution in [0.25, 0.3) is 0 Å². The number of hydrogen-bond acceptors (Lipinski definition) is 4. The molecule has 4 unspecified atom stereocenters. The second kappa shape index (κ2) is 8.11. The minimum atomic E-state index is -0.903. The molecule has 0 aromatic rings. The first-order valence-electron chi connectivity index (χ1n) is 15.6. The quantitative estimate of drug-likeness (QED) is 0.205. The van der Waals surface area contributed by atoms with Crippen LogP contribution in [0.15, 0.2) is 0 Å². The first-order chi connectivity index (χ1) is 18.2. The Hall–Kier alpha value is -0.0300. The molecule has 0 aromatic heterocycles. The Morgan fingerprint density at radius 1 is 0.897 bits per heavy atom. The number of fused-ring (bicyclic) bond motifs is 9. The molecule has 39 heavy (non-hydrogen) atoms. The van der Waals surface area contributed by atoms with E-state index >= 15 is 0 Å². The minimum Gasteiger partial charge on any atom is -0.481 e. The molecular formula is C32H48BrO5P. The number of carboxylic acids is 1. The molecule has 2 aliphatic heterocycles. The van der Waals surface area contributed by atoms with Gasteiger partial charge in [0.1, 0.15) is 5.60 Å². The first-order valence-corrected chi connectivity index (χ1v) is 18.3. The Labute approximate surface area is 243 Å². The minimum absolute atomic E-state index is 0.0412. The Balaban J connectivity index is 1.33. The van der Waals surface area contributed by atoms with Crippen molar-refractivity contribution in [3.63, 3.8) is 0 Å². The summed E-state index contributed by atoms with van der Waals surface area (Å²) in [6.45, 7) is 13.0. The molecule has 2 N–H and O–H groups in total. The number of ether oxygens (including phenoxy) is 1. The van der Waals surface area contributed by atoms with E-state index < -0.39 is 19.3 Å². The predicted octanol–water partition coefficient (Wildman–Crippen LogP) is 6.82. The summed E-state index contributed by atoms with van der Waals surface area (Å²) in [7, 11) is -0.903. The first kappa shape index (κ1) is 27.8. The molecule has 7 aliphatic rings. The second-order valence-corrected chi connectivity index (χ2v) is 19.3. The van der Waals surface area contributed by atoms with E-state index in [-0.39, 0.29) is 44.4 Å². The maximum absolute atomic E-state index is 13.4. The normalized spacial score (nSPS) is 58.5. The van der Waals surface area contributed by atoms with Crippen LogP contribution in [0.1, 0.15) is 98.8 Å². The van der Waals surface area contributed by atoms with Crippen molar-refractivity contribution >= 4 is 35.3 Å². The van der Waals surface area contributed by atoms with E-state index in [1.807, 2.05) is 0 Å². The third-order valence-corrected chi connectivity index (χ3v) is 19.9. The lowest BCUT2D eigenvalue weighted by molar-refractivity contribution is -0.249. The number of aliphatic hydroxyl groups excluding tert-OH is 1. The summed E-state index contributed by atoms with van der Waals surface area (Å²) in [6, 6.07) is 0. The van der Waals surface area contributed by atoms with Gasteiger partial charge in [0.15, 0.2) is 5.52 Å². The van der Waals surface area contributed by atoms with Gasteiger partial charge in [0.2, 0.25) is 0 Å². The molecule has 7 heteroatoms. The third kappa shape index (κ3) is 2.95. The fourth-order valence-corrected chi connectivity index (χ4v) is 17.8. The van der Waals surface area contributed by atoms with Crippen LogP contribution in [-0.2, 0) is 14.3 Å². The molecule has 0 bridgehead atoms. The number of carboxylic acid groups (broad SMARTS) is 1. The zero-order chi connectivity index (χ0) is 28.0. The van der Waals surface area contributed by atoms with Crippen molar-refractivity contribution in [1.29, 1.82) is 0 Å². The molecule has 7 rings (SSSR count). The van der Waals surface area contributed by atoms with E-state index in [9.17, 15) is 19.8 Å². The van der Waals surface area contributed by atoms with Gasteiger partial charge in [0.05, 0.1) is 23.5 Å². The Bertz CT molecular complexity index is 1120.